The predicted octanol–water partition coefficient (Wildman–Crippen LogP) is 2.18. The van der Waals surface area contributed by atoms with Gasteiger partial charge in [-0.05, 0) is 24.3 Å². The molecule has 2 rings (SSSR count). The van der Waals surface area contributed by atoms with Crippen LogP contribution in [0, 0.1) is 34.3 Å². The maximum absolute atomic E-state index is 12.1. The second-order valence-electron chi connectivity index (χ2n) is 2.95. The van der Waals surface area contributed by atoms with Gasteiger partial charge in [0.15, 0.2) is 0 Å². The van der Waals surface area contributed by atoms with Crippen molar-refractivity contribution in [1.29, 1.82) is 10.5 Å². The van der Waals surface area contributed by atoms with Crippen LogP contribution >= 0.6 is 0 Å². The summed E-state index contributed by atoms with van der Waals surface area (Å²) in [5, 5.41) is 16.4. The first kappa shape index (κ1) is 13.2. The normalized spacial score (nSPS) is 8.44. The molecule has 0 aliphatic rings. The van der Waals surface area contributed by atoms with Crippen LogP contribution in [0.1, 0.15) is 11.4 Å². The van der Waals surface area contributed by atoms with Gasteiger partial charge in [0.1, 0.15) is 35.2 Å². The molecule has 0 saturated carbocycles. The summed E-state index contributed by atoms with van der Waals surface area (Å²) in [4.78, 5) is 6.92. The lowest BCUT2D eigenvalue weighted by molar-refractivity contribution is 0.620. The predicted molar refractivity (Wildman–Crippen MR) is 57.8 cm³/mol. The summed E-state index contributed by atoms with van der Waals surface area (Å²) in [5.74, 6) is -0.844. The fourth-order valence-corrected chi connectivity index (χ4v) is 0.884. The average Bonchev–Trinajstić information content (AvgIpc) is 2.41. The number of hydrogen-bond acceptors (Lipinski definition) is 4. The van der Waals surface area contributed by atoms with Gasteiger partial charge in [0.25, 0.3) is 0 Å². The van der Waals surface area contributed by atoms with Crippen LogP contribution in [0.15, 0.2) is 36.7 Å². The molecule has 0 spiro atoms. The van der Waals surface area contributed by atoms with E-state index in [0.29, 0.717) is 0 Å². The van der Waals surface area contributed by atoms with Crippen LogP contribution in [0.25, 0.3) is 0 Å². The molecular formula is C12H6F2N4. The van der Waals surface area contributed by atoms with E-state index in [2.05, 4.69) is 9.97 Å². The van der Waals surface area contributed by atoms with Gasteiger partial charge in [-0.3, -0.25) is 0 Å². The van der Waals surface area contributed by atoms with E-state index >= 15 is 0 Å². The molecule has 2 heterocycles. The van der Waals surface area contributed by atoms with Crippen molar-refractivity contribution in [2.45, 2.75) is 0 Å². The van der Waals surface area contributed by atoms with Crippen LogP contribution in [0.2, 0.25) is 0 Å². The highest BCUT2D eigenvalue weighted by atomic mass is 19.1. The van der Waals surface area contributed by atoms with E-state index in [-0.39, 0.29) is 11.4 Å². The standard InChI is InChI=1S/2C6H3FN2/c2*7-5-1-2-6(3-8)9-4-5/h2*1-2,4H. The zero-order chi connectivity index (χ0) is 13.4. The maximum atomic E-state index is 12.1. The summed E-state index contributed by atoms with van der Waals surface area (Å²) >= 11 is 0. The summed E-state index contributed by atoms with van der Waals surface area (Å²) in [5.41, 5.74) is 0.466. The Morgan fingerprint density at radius 3 is 1.39 bits per heavy atom. The number of pyridine rings is 2. The van der Waals surface area contributed by atoms with Crippen molar-refractivity contribution in [3.8, 4) is 12.1 Å². The third-order valence-electron chi connectivity index (χ3n) is 1.68. The Hall–Kier alpha value is -2.86. The Labute approximate surface area is 102 Å². The van der Waals surface area contributed by atoms with Gasteiger partial charge in [0, 0.05) is 0 Å². The number of rotatable bonds is 0. The molecule has 0 saturated heterocycles. The van der Waals surface area contributed by atoms with Crippen molar-refractivity contribution in [2.75, 3.05) is 0 Å². The summed E-state index contributed by atoms with van der Waals surface area (Å²) in [7, 11) is 0. The summed E-state index contributed by atoms with van der Waals surface area (Å²) in [6.45, 7) is 0. The van der Waals surface area contributed by atoms with Crippen molar-refractivity contribution in [3.05, 3.63) is 59.7 Å². The number of hydrogen-bond donors (Lipinski definition) is 0. The minimum atomic E-state index is -0.422. The van der Waals surface area contributed by atoms with E-state index in [9.17, 15) is 8.78 Å². The van der Waals surface area contributed by atoms with Crippen LogP contribution in [-0.2, 0) is 0 Å². The SMILES string of the molecule is N#Cc1ccc(F)cn1.N#Cc1ccc(F)cn1. The zero-order valence-corrected chi connectivity index (χ0v) is 9.01. The minimum absolute atomic E-state index is 0.233. The van der Waals surface area contributed by atoms with Crippen molar-refractivity contribution >= 4 is 0 Å². The fourth-order valence-electron chi connectivity index (χ4n) is 0.884. The maximum Gasteiger partial charge on any atom is 0.141 e. The Kier molecular flexibility index (Phi) is 4.89. The molecule has 0 N–H and O–H groups in total. The highest BCUT2D eigenvalue weighted by molar-refractivity contribution is 5.19. The molecular weight excluding hydrogens is 238 g/mol. The molecule has 0 bridgehead atoms. The molecule has 0 aliphatic heterocycles. The van der Waals surface area contributed by atoms with E-state index in [1.807, 2.05) is 0 Å². The van der Waals surface area contributed by atoms with E-state index in [4.69, 9.17) is 10.5 Å². The highest BCUT2D eigenvalue weighted by Gasteiger charge is 1.90. The minimum Gasteiger partial charge on any atom is -0.243 e. The van der Waals surface area contributed by atoms with E-state index < -0.39 is 11.6 Å². The van der Waals surface area contributed by atoms with Gasteiger partial charge >= 0.3 is 0 Å². The first-order valence-corrected chi connectivity index (χ1v) is 4.69. The Bertz CT molecular complexity index is 524. The quantitative estimate of drug-likeness (QED) is 0.711. The summed E-state index contributed by atoms with van der Waals surface area (Å²) in [6.07, 6.45) is 2.02. The molecule has 0 aromatic carbocycles. The van der Waals surface area contributed by atoms with Crippen LogP contribution in [0.4, 0.5) is 8.78 Å². The van der Waals surface area contributed by atoms with Crippen LogP contribution in [0.3, 0.4) is 0 Å². The Balaban J connectivity index is 0.000000180. The largest absolute Gasteiger partial charge is 0.243 e. The van der Waals surface area contributed by atoms with Crippen LogP contribution in [0.5, 0.6) is 0 Å². The average molecular weight is 244 g/mol. The highest BCUT2D eigenvalue weighted by Crippen LogP contribution is 1.95. The van der Waals surface area contributed by atoms with E-state index in [1.54, 1.807) is 12.1 Å². The molecule has 0 amide bonds. The lowest BCUT2D eigenvalue weighted by atomic mass is 10.4. The fraction of sp³-hybridized carbons (Fsp3) is 0. The van der Waals surface area contributed by atoms with Crippen molar-refractivity contribution in [3.63, 3.8) is 0 Å². The first-order chi connectivity index (χ1) is 8.65. The third-order valence-corrected chi connectivity index (χ3v) is 1.68. The van der Waals surface area contributed by atoms with Crippen molar-refractivity contribution in [2.24, 2.45) is 0 Å². The van der Waals surface area contributed by atoms with Gasteiger partial charge in [-0.25, -0.2) is 18.7 Å². The van der Waals surface area contributed by atoms with Gasteiger partial charge in [-0.15, -0.1) is 0 Å². The number of aromatic nitrogens is 2. The lowest BCUT2D eigenvalue weighted by Crippen LogP contribution is -1.81. The lowest BCUT2D eigenvalue weighted by Gasteiger charge is -1.84. The molecule has 6 heteroatoms. The second-order valence-corrected chi connectivity index (χ2v) is 2.95. The van der Waals surface area contributed by atoms with Gasteiger partial charge in [-0.2, -0.15) is 10.5 Å². The topological polar surface area (TPSA) is 73.4 Å². The Morgan fingerprint density at radius 2 is 1.17 bits per heavy atom. The monoisotopic (exact) mass is 244 g/mol. The van der Waals surface area contributed by atoms with Crippen molar-refractivity contribution < 1.29 is 8.78 Å². The third kappa shape index (κ3) is 4.33. The van der Waals surface area contributed by atoms with E-state index in [1.165, 1.54) is 24.3 Å². The Morgan fingerprint density at radius 1 is 0.778 bits per heavy atom. The molecule has 2 aromatic heterocycles. The molecule has 0 atom stereocenters. The molecule has 18 heavy (non-hydrogen) atoms. The molecule has 0 fully saturated rings. The van der Waals surface area contributed by atoms with Crippen molar-refractivity contribution in [1.82, 2.24) is 9.97 Å². The zero-order valence-electron chi connectivity index (χ0n) is 9.01. The van der Waals surface area contributed by atoms with Gasteiger partial charge in [-0.1, -0.05) is 0 Å². The second kappa shape index (κ2) is 6.66. The van der Waals surface area contributed by atoms with E-state index in [0.717, 1.165) is 12.4 Å². The molecule has 4 nitrogen and oxygen atoms in total. The smallest absolute Gasteiger partial charge is 0.141 e. The number of nitrogens with zero attached hydrogens (tertiary/aromatic N) is 4. The molecule has 88 valence electrons. The van der Waals surface area contributed by atoms with Crippen LogP contribution in [-0.4, -0.2) is 9.97 Å². The molecule has 0 radical (unpaired) electrons. The molecule has 0 unspecified atom stereocenters. The van der Waals surface area contributed by atoms with Gasteiger partial charge < -0.3 is 0 Å². The summed E-state index contributed by atoms with van der Waals surface area (Å²) in [6, 6.07) is 8.61. The van der Waals surface area contributed by atoms with Gasteiger partial charge in [0.2, 0.25) is 0 Å². The van der Waals surface area contributed by atoms with Crippen LogP contribution < -0.4 is 0 Å². The van der Waals surface area contributed by atoms with Gasteiger partial charge in [0.05, 0.1) is 12.4 Å². The molecule has 2 aromatic rings. The number of nitriles is 2. The summed E-state index contributed by atoms with van der Waals surface area (Å²) < 4.78 is 24.1. The first-order valence-electron chi connectivity index (χ1n) is 4.69. The molecule has 0 aliphatic carbocycles. The number of halogens is 2.